The highest BCUT2D eigenvalue weighted by Crippen LogP contribution is 2.41. The first-order valence-electron chi connectivity index (χ1n) is 12.0. The molecule has 3 amide bonds. The molecule has 1 heterocycles. The largest absolute Gasteiger partial charge is 0.493 e. The van der Waals surface area contributed by atoms with Crippen LogP contribution in [-0.4, -0.2) is 51.1 Å². The Bertz CT molecular complexity index is 1300. The molecule has 0 spiro atoms. The summed E-state index contributed by atoms with van der Waals surface area (Å²) in [5.74, 6) is -1.41. The average Bonchev–Trinajstić information content (AvgIpc) is 3.43. The van der Waals surface area contributed by atoms with Crippen LogP contribution in [0.15, 0.2) is 53.9 Å². The quantitative estimate of drug-likeness (QED) is 0.384. The molecule has 1 aromatic heterocycles. The van der Waals surface area contributed by atoms with Gasteiger partial charge in [0.05, 0.1) is 32.8 Å². The van der Waals surface area contributed by atoms with Crippen molar-refractivity contribution in [2.75, 3.05) is 32.8 Å². The van der Waals surface area contributed by atoms with Gasteiger partial charge in [-0.25, -0.2) is 4.39 Å². The summed E-state index contributed by atoms with van der Waals surface area (Å²) < 4.78 is 30.8. The van der Waals surface area contributed by atoms with Gasteiger partial charge >= 0.3 is 0 Å². The second kappa shape index (κ2) is 12.6. The number of halogens is 1. The van der Waals surface area contributed by atoms with Gasteiger partial charge in [-0.15, -0.1) is 11.3 Å². The summed E-state index contributed by atoms with van der Waals surface area (Å²) in [6.07, 6.45) is 0. The normalized spacial score (nSPS) is 11.8. The number of rotatable bonds is 10. The van der Waals surface area contributed by atoms with Gasteiger partial charge in [0.2, 0.25) is 17.6 Å². The van der Waals surface area contributed by atoms with Crippen molar-refractivity contribution in [3.05, 3.63) is 70.2 Å². The molecule has 2 aromatic carbocycles. The number of methoxy groups -OCH3 is 3. The van der Waals surface area contributed by atoms with E-state index in [0.29, 0.717) is 16.2 Å². The molecule has 11 heteroatoms. The number of hydrogen-bond donors (Lipinski definition) is 2. The topological polar surface area (TPSA) is 106 Å². The molecule has 0 radical (unpaired) electrons. The highest BCUT2D eigenvalue weighted by atomic mass is 32.1. The van der Waals surface area contributed by atoms with E-state index in [1.165, 1.54) is 50.9 Å². The van der Waals surface area contributed by atoms with Crippen molar-refractivity contribution in [2.24, 2.45) is 0 Å². The maximum absolute atomic E-state index is 14.4. The SMILES string of the molecule is COc1cc([C@H](C(=O)NC(C)(C)C)N(C(=O)CNC(=O)c2cccs2)c2cccc(F)c2)cc(OC)c1OC. The molecule has 0 saturated carbocycles. The van der Waals surface area contributed by atoms with Gasteiger partial charge in [-0.05, 0) is 68.1 Å². The molecule has 0 unspecified atom stereocenters. The van der Waals surface area contributed by atoms with Gasteiger partial charge in [-0.2, -0.15) is 0 Å². The molecule has 208 valence electrons. The Morgan fingerprint density at radius 2 is 1.64 bits per heavy atom. The Kier molecular flexibility index (Phi) is 9.52. The summed E-state index contributed by atoms with van der Waals surface area (Å²) in [5.41, 5.74) is -0.235. The van der Waals surface area contributed by atoms with Crippen LogP contribution in [0.1, 0.15) is 42.0 Å². The molecule has 3 aromatic rings. The van der Waals surface area contributed by atoms with Gasteiger partial charge in [0, 0.05) is 11.2 Å². The number of benzene rings is 2. The minimum atomic E-state index is -1.30. The molecule has 0 aliphatic carbocycles. The van der Waals surface area contributed by atoms with Crippen molar-refractivity contribution >= 4 is 34.7 Å². The number of anilines is 1. The van der Waals surface area contributed by atoms with E-state index < -0.39 is 41.7 Å². The number of nitrogens with zero attached hydrogens (tertiary/aromatic N) is 1. The molecular formula is C28H32FN3O6S. The van der Waals surface area contributed by atoms with E-state index in [0.717, 1.165) is 11.0 Å². The van der Waals surface area contributed by atoms with Crippen LogP contribution in [0.3, 0.4) is 0 Å². The Labute approximate surface area is 230 Å². The van der Waals surface area contributed by atoms with Crippen LogP contribution in [0.4, 0.5) is 10.1 Å². The first-order valence-corrected chi connectivity index (χ1v) is 12.9. The second-order valence-corrected chi connectivity index (χ2v) is 10.5. The maximum atomic E-state index is 14.4. The highest BCUT2D eigenvalue weighted by Gasteiger charge is 2.36. The number of ether oxygens (including phenoxy) is 3. The van der Waals surface area contributed by atoms with Crippen molar-refractivity contribution in [2.45, 2.75) is 32.4 Å². The van der Waals surface area contributed by atoms with Crippen LogP contribution in [0.25, 0.3) is 0 Å². The molecule has 0 aliphatic rings. The molecular weight excluding hydrogens is 525 g/mol. The van der Waals surface area contributed by atoms with E-state index in [-0.39, 0.29) is 17.2 Å². The summed E-state index contributed by atoms with van der Waals surface area (Å²) in [6.45, 7) is 4.95. The van der Waals surface area contributed by atoms with Crippen molar-refractivity contribution < 1.29 is 33.0 Å². The van der Waals surface area contributed by atoms with Gasteiger partial charge in [0.25, 0.3) is 5.91 Å². The van der Waals surface area contributed by atoms with Crippen LogP contribution in [0.2, 0.25) is 0 Å². The van der Waals surface area contributed by atoms with Crippen LogP contribution >= 0.6 is 11.3 Å². The Morgan fingerprint density at radius 3 is 2.15 bits per heavy atom. The van der Waals surface area contributed by atoms with Crippen molar-refractivity contribution in [1.29, 1.82) is 0 Å². The molecule has 0 fully saturated rings. The number of carbonyl (C=O) groups is 3. The number of hydrogen-bond acceptors (Lipinski definition) is 7. The molecule has 2 N–H and O–H groups in total. The van der Waals surface area contributed by atoms with Gasteiger partial charge in [0.1, 0.15) is 11.9 Å². The van der Waals surface area contributed by atoms with Gasteiger partial charge in [0.15, 0.2) is 11.5 Å². The number of thiophene rings is 1. The second-order valence-electron chi connectivity index (χ2n) is 9.50. The van der Waals surface area contributed by atoms with Crippen molar-refractivity contribution in [3.63, 3.8) is 0 Å². The van der Waals surface area contributed by atoms with Gasteiger partial charge in [-0.1, -0.05) is 12.1 Å². The molecule has 39 heavy (non-hydrogen) atoms. The molecule has 0 saturated heterocycles. The third-order valence-electron chi connectivity index (χ3n) is 5.51. The van der Waals surface area contributed by atoms with E-state index in [9.17, 15) is 18.8 Å². The van der Waals surface area contributed by atoms with Gasteiger partial charge in [-0.3, -0.25) is 19.3 Å². The lowest BCUT2D eigenvalue weighted by Crippen LogP contribution is -2.51. The average molecular weight is 558 g/mol. The predicted octanol–water partition coefficient (Wildman–Crippen LogP) is 4.33. The van der Waals surface area contributed by atoms with Gasteiger partial charge < -0.3 is 24.8 Å². The van der Waals surface area contributed by atoms with E-state index in [4.69, 9.17) is 14.2 Å². The standard InChI is InChI=1S/C28H32FN3O6S/c1-28(2,3)31-27(35)24(17-13-20(36-4)25(38-6)21(14-17)37-5)32(19-10-7-9-18(29)15-19)23(33)16-30-26(34)22-11-8-12-39-22/h7-15,24H,16H2,1-6H3,(H,30,34)(H,31,35)/t24-/m1/s1. The Balaban J connectivity index is 2.16. The predicted molar refractivity (Wildman–Crippen MR) is 147 cm³/mol. The van der Waals surface area contributed by atoms with Crippen LogP contribution < -0.4 is 29.7 Å². The summed E-state index contributed by atoms with van der Waals surface area (Å²) >= 11 is 1.23. The fraction of sp³-hybridized carbons (Fsp3) is 0.321. The van der Waals surface area contributed by atoms with E-state index in [1.54, 1.807) is 50.4 Å². The summed E-state index contributed by atoms with van der Waals surface area (Å²) in [4.78, 5) is 41.8. The number of amides is 3. The molecule has 0 bridgehead atoms. The third-order valence-corrected chi connectivity index (χ3v) is 6.38. The van der Waals surface area contributed by atoms with E-state index in [1.807, 2.05) is 0 Å². The summed E-state index contributed by atoms with van der Waals surface area (Å²) in [5, 5.41) is 7.24. The number of carbonyl (C=O) groups excluding carboxylic acids is 3. The maximum Gasteiger partial charge on any atom is 0.261 e. The first-order chi connectivity index (χ1) is 18.5. The first kappa shape index (κ1) is 29.4. The number of nitrogens with one attached hydrogen (secondary N) is 2. The van der Waals surface area contributed by atoms with E-state index in [2.05, 4.69) is 10.6 Å². The lowest BCUT2D eigenvalue weighted by atomic mass is 9.99. The lowest BCUT2D eigenvalue weighted by molar-refractivity contribution is -0.127. The molecule has 9 nitrogen and oxygen atoms in total. The fourth-order valence-electron chi connectivity index (χ4n) is 3.91. The zero-order valence-electron chi connectivity index (χ0n) is 22.7. The Hall–Kier alpha value is -4.12. The monoisotopic (exact) mass is 557 g/mol. The summed E-state index contributed by atoms with van der Waals surface area (Å²) in [7, 11) is 4.31. The zero-order valence-corrected chi connectivity index (χ0v) is 23.5. The lowest BCUT2D eigenvalue weighted by Gasteiger charge is -2.34. The smallest absolute Gasteiger partial charge is 0.261 e. The molecule has 1 atom stereocenters. The van der Waals surface area contributed by atoms with Crippen molar-refractivity contribution in [1.82, 2.24) is 10.6 Å². The van der Waals surface area contributed by atoms with Crippen LogP contribution in [-0.2, 0) is 9.59 Å². The fourth-order valence-corrected chi connectivity index (χ4v) is 4.55. The Morgan fingerprint density at radius 1 is 0.974 bits per heavy atom. The third kappa shape index (κ3) is 7.26. The minimum Gasteiger partial charge on any atom is -0.493 e. The van der Waals surface area contributed by atoms with Crippen LogP contribution in [0.5, 0.6) is 17.2 Å². The van der Waals surface area contributed by atoms with Crippen molar-refractivity contribution in [3.8, 4) is 17.2 Å². The zero-order chi connectivity index (χ0) is 28.7. The molecule has 3 rings (SSSR count). The minimum absolute atomic E-state index is 0.119. The van der Waals surface area contributed by atoms with Crippen LogP contribution in [0, 0.1) is 5.82 Å². The highest BCUT2D eigenvalue weighted by molar-refractivity contribution is 7.12. The van der Waals surface area contributed by atoms with E-state index >= 15 is 0 Å². The summed E-state index contributed by atoms with van der Waals surface area (Å²) in [6, 6.07) is 10.5. The molecule has 0 aliphatic heterocycles.